The van der Waals surface area contributed by atoms with E-state index in [0.717, 1.165) is 53.3 Å². The van der Waals surface area contributed by atoms with Crippen LogP contribution in [0.2, 0.25) is 0 Å². The Balaban J connectivity index is 1.83. The number of H-pyrrole nitrogens is 2. The molecule has 20 heavy (non-hydrogen) atoms. The Bertz CT molecular complexity index is 710. The molecule has 0 saturated heterocycles. The molecule has 3 rings (SSSR count). The Kier molecular flexibility index (Phi) is 3.52. The van der Waals surface area contributed by atoms with Crippen LogP contribution in [0.15, 0.2) is 24.4 Å². The van der Waals surface area contributed by atoms with E-state index in [9.17, 15) is 0 Å². The molecule has 0 bridgehead atoms. The zero-order valence-corrected chi connectivity index (χ0v) is 11.8. The van der Waals surface area contributed by atoms with Gasteiger partial charge in [0, 0.05) is 12.0 Å². The summed E-state index contributed by atoms with van der Waals surface area (Å²) in [5.74, 6) is 1.98. The average Bonchev–Trinajstić information content (AvgIpc) is 3.03. The maximum atomic E-state index is 4.44. The molecule has 0 amide bonds. The highest BCUT2D eigenvalue weighted by molar-refractivity contribution is 5.81. The fourth-order valence-electron chi connectivity index (χ4n) is 2.37. The van der Waals surface area contributed by atoms with Crippen molar-refractivity contribution in [2.24, 2.45) is 0 Å². The molecule has 2 aromatic heterocycles. The molecule has 0 spiro atoms. The first kappa shape index (κ1) is 12.9. The van der Waals surface area contributed by atoms with Crippen LogP contribution in [-0.4, -0.2) is 33.5 Å². The van der Waals surface area contributed by atoms with Gasteiger partial charge in [-0.15, -0.1) is 0 Å². The van der Waals surface area contributed by atoms with Crippen molar-refractivity contribution >= 4 is 11.0 Å². The molecule has 0 aliphatic heterocycles. The number of nitrogens with one attached hydrogen (secondary N) is 3. The standard InChI is InChI=1S/C15H19N5/c1-10-18-12-6-5-11(8-13(12)19-10)14-9-17-15(20-14)4-3-7-16-2/h5-6,8-9,16H,3-4,7H2,1-2H3,(H,17,20)(H,18,19). The van der Waals surface area contributed by atoms with Gasteiger partial charge in [-0.25, -0.2) is 9.97 Å². The van der Waals surface area contributed by atoms with Gasteiger partial charge in [0.25, 0.3) is 0 Å². The zero-order valence-electron chi connectivity index (χ0n) is 11.8. The lowest BCUT2D eigenvalue weighted by molar-refractivity contribution is 0.707. The number of benzene rings is 1. The Morgan fingerprint density at radius 2 is 2.15 bits per heavy atom. The van der Waals surface area contributed by atoms with Gasteiger partial charge in [0.2, 0.25) is 0 Å². The van der Waals surface area contributed by atoms with Crippen molar-refractivity contribution in [3.05, 3.63) is 36.0 Å². The molecular formula is C15H19N5. The van der Waals surface area contributed by atoms with Gasteiger partial charge in [-0.2, -0.15) is 0 Å². The van der Waals surface area contributed by atoms with Crippen molar-refractivity contribution in [3.8, 4) is 11.3 Å². The van der Waals surface area contributed by atoms with E-state index in [1.807, 2.05) is 26.2 Å². The van der Waals surface area contributed by atoms with Crippen LogP contribution in [-0.2, 0) is 6.42 Å². The maximum absolute atomic E-state index is 4.44. The Morgan fingerprint density at radius 1 is 1.25 bits per heavy atom. The summed E-state index contributed by atoms with van der Waals surface area (Å²) in [7, 11) is 1.97. The van der Waals surface area contributed by atoms with Crippen LogP contribution in [0.1, 0.15) is 18.1 Å². The summed E-state index contributed by atoms with van der Waals surface area (Å²) >= 11 is 0. The van der Waals surface area contributed by atoms with Gasteiger partial charge in [0.15, 0.2) is 0 Å². The van der Waals surface area contributed by atoms with Crippen LogP contribution in [0.3, 0.4) is 0 Å². The Hall–Kier alpha value is -2.14. The summed E-state index contributed by atoms with van der Waals surface area (Å²) < 4.78 is 0. The van der Waals surface area contributed by atoms with Crippen LogP contribution < -0.4 is 5.32 Å². The summed E-state index contributed by atoms with van der Waals surface area (Å²) in [5, 5.41) is 3.15. The predicted octanol–water partition coefficient (Wildman–Crippen LogP) is 2.41. The number of nitrogens with zero attached hydrogens (tertiary/aromatic N) is 2. The molecule has 0 atom stereocenters. The number of hydrogen-bond acceptors (Lipinski definition) is 3. The van der Waals surface area contributed by atoms with Gasteiger partial charge >= 0.3 is 0 Å². The van der Waals surface area contributed by atoms with Crippen LogP contribution in [0.5, 0.6) is 0 Å². The first-order valence-corrected chi connectivity index (χ1v) is 6.91. The van der Waals surface area contributed by atoms with Crippen molar-refractivity contribution in [3.63, 3.8) is 0 Å². The third kappa shape index (κ3) is 2.58. The SMILES string of the molecule is CNCCCc1ncc(-c2ccc3nc(C)[nH]c3c2)[nH]1. The molecule has 1 aromatic carbocycles. The molecule has 0 aliphatic carbocycles. The van der Waals surface area contributed by atoms with Gasteiger partial charge in [-0.1, -0.05) is 6.07 Å². The van der Waals surface area contributed by atoms with E-state index in [0.29, 0.717) is 0 Å². The summed E-state index contributed by atoms with van der Waals surface area (Å²) in [6.45, 7) is 2.98. The van der Waals surface area contributed by atoms with E-state index in [4.69, 9.17) is 0 Å². The monoisotopic (exact) mass is 269 g/mol. The fraction of sp³-hybridized carbons (Fsp3) is 0.333. The van der Waals surface area contributed by atoms with Gasteiger partial charge in [-0.05, 0) is 39.1 Å². The van der Waals surface area contributed by atoms with Gasteiger partial charge in [-0.3, -0.25) is 0 Å². The van der Waals surface area contributed by atoms with E-state index >= 15 is 0 Å². The van der Waals surface area contributed by atoms with E-state index in [1.165, 1.54) is 0 Å². The minimum atomic E-state index is 0.939. The molecule has 0 fully saturated rings. The van der Waals surface area contributed by atoms with Crippen molar-refractivity contribution in [2.45, 2.75) is 19.8 Å². The fourth-order valence-corrected chi connectivity index (χ4v) is 2.37. The van der Waals surface area contributed by atoms with Crippen molar-refractivity contribution in [1.29, 1.82) is 0 Å². The molecule has 0 radical (unpaired) electrons. The lowest BCUT2D eigenvalue weighted by Crippen LogP contribution is -2.08. The number of aromatic nitrogens is 4. The van der Waals surface area contributed by atoms with Crippen LogP contribution >= 0.6 is 0 Å². The minimum absolute atomic E-state index is 0.939. The van der Waals surface area contributed by atoms with E-state index in [-0.39, 0.29) is 0 Å². The largest absolute Gasteiger partial charge is 0.342 e. The number of rotatable bonds is 5. The predicted molar refractivity (Wildman–Crippen MR) is 80.7 cm³/mol. The minimum Gasteiger partial charge on any atom is -0.342 e. The molecule has 0 saturated carbocycles. The molecule has 104 valence electrons. The van der Waals surface area contributed by atoms with Crippen LogP contribution in [0, 0.1) is 6.92 Å². The zero-order chi connectivity index (χ0) is 13.9. The Morgan fingerprint density at radius 3 is 3.00 bits per heavy atom. The molecule has 3 aromatic rings. The highest BCUT2D eigenvalue weighted by Gasteiger charge is 2.06. The molecule has 0 aliphatic rings. The molecule has 0 unspecified atom stereocenters. The number of aryl methyl sites for hydroxylation is 2. The number of hydrogen-bond donors (Lipinski definition) is 3. The summed E-state index contributed by atoms with van der Waals surface area (Å²) in [6, 6.07) is 6.23. The summed E-state index contributed by atoms with van der Waals surface area (Å²) in [4.78, 5) is 15.5. The van der Waals surface area contributed by atoms with Gasteiger partial charge in [0.1, 0.15) is 11.6 Å². The van der Waals surface area contributed by atoms with E-state index in [2.05, 4.69) is 37.4 Å². The van der Waals surface area contributed by atoms with E-state index < -0.39 is 0 Å². The van der Waals surface area contributed by atoms with Gasteiger partial charge < -0.3 is 15.3 Å². The molecule has 5 heteroatoms. The second-order valence-corrected chi connectivity index (χ2v) is 5.00. The van der Waals surface area contributed by atoms with E-state index in [1.54, 1.807) is 0 Å². The molecule has 5 nitrogen and oxygen atoms in total. The normalized spacial score (nSPS) is 11.3. The first-order chi connectivity index (χ1) is 9.76. The average molecular weight is 269 g/mol. The third-order valence-electron chi connectivity index (χ3n) is 3.38. The molecule has 3 N–H and O–H groups in total. The second kappa shape index (κ2) is 5.46. The smallest absolute Gasteiger partial charge is 0.106 e. The second-order valence-electron chi connectivity index (χ2n) is 5.00. The highest BCUT2D eigenvalue weighted by Crippen LogP contribution is 2.22. The Labute approximate surface area is 117 Å². The topological polar surface area (TPSA) is 69.4 Å². The first-order valence-electron chi connectivity index (χ1n) is 6.91. The van der Waals surface area contributed by atoms with Crippen LogP contribution in [0.4, 0.5) is 0 Å². The highest BCUT2D eigenvalue weighted by atomic mass is 14.9. The van der Waals surface area contributed by atoms with Gasteiger partial charge in [0.05, 0.1) is 22.9 Å². The lowest BCUT2D eigenvalue weighted by Gasteiger charge is -1.98. The molecule has 2 heterocycles. The molecular weight excluding hydrogens is 250 g/mol. The number of fused-ring (bicyclic) bond motifs is 1. The van der Waals surface area contributed by atoms with Crippen molar-refractivity contribution in [2.75, 3.05) is 13.6 Å². The van der Waals surface area contributed by atoms with Crippen molar-refractivity contribution < 1.29 is 0 Å². The van der Waals surface area contributed by atoms with Crippen molar-refractivity contribution in [1.82, 2.24) is 25.3 Å². The third-order valence-corrected chi connectivity index (χ3v) is 3.38. The lowest BCUT2D eigenvalue weighted by atomic mass is 10.1. The summed E-state index contributed by atoms with van der Waals surface area (Å²) in [5.41, 5.74) is 4.25. The quantitative estimate of drug-likeness (QED) is 0.623. The number of aromatic amines is 2. The number of imidazole rings is 2. The maximum Gasteiger partial charge on any atom is 0.106 e. The summed E-state index contributed by atoms with van der Waals surface area (Å²) in [6.07, 6.45) is 3.95. The van der Waals surface area contributed by atoms with Crippen LogP contribution in [0.25, 0.3) is 22.3 Å².